The highest BCUT2D eigenvalue weighted by atomic mass is 16.4. The monoisotopic (exact) mass is 227 g/mol. The molecule has 2 heterocycles. The Balaban J connectivity index is 2.14. The zero-order chi connectivity index (χ0) is 11.7. The standard InChI is InChI=1S/C14H13NO2/c16-12-9-13(10-5-2-1-3-6-10)17-14-11(12)7-4-8-15-14/h1-3,5-6,9,15H,4,7-8H2. The molecule has 0 saturated heterocycles. The van der Waals surface area contributed by atoms with Gasteiger partial charge in [0, 0.05) is 18.2 Å². The summed E-state index contributed by atoms with van der Waals surface area (Å²) in [6, 6.07) is 11.3. The average Bonchev–Trinajstić information content (AvgIpc) is 2.40. The molecule has 0 fully saturated rings. The van der Waals surface area contributed by atoms with Crippen molar-refractivity contribution in [2.24, 2.45) is 0 Å². The first kappa shape index (κ1) is 10.1. The highest BCUT2D eigenvalue weighted by Gasteiger charge is 2.16. The largest absolute Gasteiger partial charge is 0.440 e. The van der Waals surface area contributed by atoms with Gasteiger partial charge in [0.25, 0.3) is 0 Å². The van der Waals surface area contributed by atoms with Gasteiger partial charge in [0.05, 0.1) is 5.56 Å². The number of anilines is 1. The van der Waals surface area contributed by atoms with Crippen molar-refractivity contribution in [3.8, 4) is 11.3 Å². The number of fused-ring (bicyclic) bond motifs is 1. The van der Waals surface area contributed by atoms with Crippen LogP contribution in [0.4, 0.5) is 5.88 Å². The summed E-state index contributed by atoms with van der Waals surface area (Å²) >= 11 is 0. The van der Waals surface area contributed by atoms with Crippen molar-refractivity contribution < 1.29 is 4.42 Å². The lowest BCUT2D eigenvalue weighted by molar-refractivity contribution is 0.555. The maximum Gasteiger partial charge on any atom is 0.200 e. The Hall–Kier alpha value is -2.03. The summed E-state index contributed by atoms with van der Waals surface area (Å²) in [4.78, 5) is 12.0. The van der Waals surface area contributed by atoms with Gasteiger partial charge in [-0.25, -0.2) is 0 Å². The Morgan fingerprint density at radius 1 is 1.18 bits per heavy atom. The quantitative estimate of drug-likeness (QED) is 0.814. The van der Waals surface area contributed by atoms with Gasteiger partial charge in [0.1, 0.15) is 5.76 Å². The van der Waals surface area contributed by atoms with Gasteiger partial charge >= 0.3 is 0 Å². The summed E-state index contributed by atoms with van der Waals surface area (Å²) in [7, 11) is 0. The van der Waals surface area contributed by atoms with E-state index in [-0.39, 0.29) is 5.43 Å². The van der Waals surface area contributed by atoms with Gasteiger partial charge in [0.2, 0.25) is 5.88 Å². The highest BCUT2D eigenvalue weighted by molar-refractivity contribution is 5.59. The van der Waals surface area contributed by atoms with E-state index in [0.717, 1.165) is 30.5 Å². The lowest BCUT2D eigenvalue weighted by atomic mass is 10.1. The second-order valence-corrected chi connectivity index (χ2v) is 4.18. The van der Waals surface area contributed by atoms with Gasteiger partial charge < -0.3 is 9.73 Å². The molecule has 3 nitrogen and oxygen atoms in total. The van der Waals surface area contributed by atoms with E-state index in [1.807, 2.05) is 30.3 Å². The van der Waals surface area contributed by atoms with Crippen molar-refractivity contribution in [3.63, 3.8) is 0 Å². The molecule has 86 valence electrons. The maximum atomic E-state index is 12.0. The van der Waals surface area contributed by atoms with Crippen LogP contribution in [0.15, 0.2) is 45.6 Å². The molecule has 0 bridgehead atoms. The second kappa shape index (κ2) is 4.09. The summed E-state index contributed by atoms with van der Waals surface area (Å²) in [5, 5.41) is 3.15. The van der Waals surface area contributed by atoms with Crippen LogP contribution in [0.25, 0.3) is 11.3 Å². The number of hydrogen-bond donors (Lipinski definition) is 1. The van der Waals surface area contributed by atoms with E-state index < -0.39 is 0 Å². The molecule has 0 amide bonds. The minimum absolute atomic E-state index is 0.0669. The minimum Gasteiger partial charge on any atom is -0.440 e. The molecule has 2 aromatic rings. The highest BCUT2D eigenvalue weighted by Crippen LogP contribution is 2.25. The lowest BCUT2D eigenvalue weighted by Crippen LogP contribution is -2.19. The molecule has 0 unspecified atom stereocenters. The summed E-state index contributed by atoms with van der Waals surface area (Å²) in [6.07, 6.45) is 1.79. The van der Waals surface area contributed by atoms with E-state index in [0.29, 0.717) is 11.6 Å². The summed E-state index contributed by atoms with van der Waals surface area (Å²) in [5.41, 5.74) is 1.77. The SMILES string of the molecule is O=c1cc(-c2ccccc2)oc2c1CCCN2. The molecular weight excluding hydrogens is 214 g/mol. The molecule has 0 spiro atoms. The molecule has 0 radical (unpaired) electrons. The zero-order valence-corrected chi connectivity index (χ0v) is 9.40. The van der Waals surface area contributed by atoms with Gasteiger partial charge in [-0.05, 0) is 12.8 Å². The van der Waals surface area contributed by atoms with Crippen LogP contribution in [0.2, 0.25) is 0 Å². The van der Waals surface area contributed by atoms with Crippen LogP contribution in [0.1, 0.15) is 12.0 Å². The Bertz CT molecular complexity index is 587. The summed E-state index contributed by atoms with van der Waals surface area (Å²) in [6.45, 7) is 0.869. The number of benzene rings is 1. The third kappa shape index (κ3) is 1.84. The number of hydrogen-bond acceptors (Lipinski definition) is 3. The molecule has 17 heavy (non-hydrogen) atoms. The van der Waals surface area contributed by atoms with Crippen molar-refractivity contribution in [2.45, 2.75) is 12.8 Å². The van der Waals surface area contributed by atoms with Crippen LogP contribution >= 0.6 is 0 Å². The first-order valence-electron chi connectivity index (χ1n) is 5.81. The van der Waals surface area contributed by atoms with Crippen molar-refractivity contribution in [3.05, 3.63) is 52.2 Å². The Morgan fingerprint density at radius 2 is 2.00 bits per heavy atom. The first-order valence-corrected chi connectivity index (χ1v) is 5.81. The van der Waals surface area contributed by atoms with Crippen LogP contribution < -0.4 is 10.7 Å². The first-order chi connectivity index (χ1) is 8.34. The average molecular weight is 227 g/mol. The molecule has 0 aliphatic carbocycles. The summed E-state index contributed by atoms with van der Waals surface area (Å²) in [5.74, 6) is 1.27. The van der Waals surface area contributed by atoms with Crippen LogP contribution in [0.3, 0.4) is 0 Å². The second-order valence-electron chi connectivity index (χ2n) is 4.18. The lowest BCUT2D eigenvalue weighted by Gasteiger charge is -2.16. The Kier molecular flexibility index (Phi) is 2.44. The van der Waals surface area contributed by atoms with Crippen molar-refractivity contribution in [1.29, 1.82) is 0 Å². The Labute approximate surface area is 99.1 Å². The van der Waals surface area contributed by atoms with Crippen LogP contribution in [-0.2, 0) is 6.42 Å². The predicted molar refractivity (Wildman–Crippen MR) is 67.2 cm³/mol. The molecule has 1 aromatic carbocycles. The van der Waals surface area contributed by atoms with Gasteiger partial charge in [-0.2, -0.15) is 0 Å². The molecule has 1 N–H and O–H groups in total. The normalized spacial score (nSPS) is 13.9. The molecule has 3 rings (SSSR count). The van der Waals surface area contributed by atoms with Crippen LogP contribution in [0, 0.1) is 0 Å². The molecule has 1 aliphatic rings. The van der Waals surface area contributed by atoms with Crippen molar-refractivity contribution >= 4 is 5.88 Å². The molecule has 1 aromatic heterocycles. The fraction of sp³-hybridized carbons (Fsp3) is 0.214. The predicted octanol–water partition coefficient (Wildman–Crippen LogP) is 2.66. The van der Waals surface area contributed by atoms with E-state index in [1.165, 1.54) is 0 Å². The molecule has 0 atom stereocenters. The van der Waals surface area contributed by atoms with Gasteiger partial charge in [-0.15, -0.1) is 0 Å². The van der Waals surface area contributed by atoms with Gasteiger partial charge in [-0.1, -0.05) is 30.3 Å². The van der Waals surface area contributed by atoms with Gasteiger partial charge in [-0.3, -0.25) is 4.79 Å². The smallest absolute Gasteiger partial charge is 0.200 e. The van der Waals surface area contributed by atoms with Crippen LogP contribution in [-0.4, -0.2) is 6.54 Å². The number of rotatable bonds is 1. The van der Waals surface area contributed by atoms with E-state index in [2.05, 4.69) is 5.32 Å². The third-order valence-electron chi connectivity index (χ3n) is 2.99. The Morgan fingerprint density at radius 3 is 2.82 bits per heavy atom. The molecule has 1 aliphatic heterocycles. The van der Waals surface area contributed by atoms with Crippen molar-refractivity contribution in [1.82, 2.24) is 0 Å². The fourth-order valence-electron chi connectivity index (χ4n) is 2.11. The van der Waals surface area contributed by atoms with E-state index in [1.54, 1.807) is 6.07 Å². The minimum atomic E-state index is 0.0669. The molecule has 0 saturated carbocycles. The van der Waals surface area contributed by atoms with Crippen molar-refractivity contribution in [2.75, 3.05) is 11.9 Å². The summed E-state index contributed by atoms with van der Waals surface area (Å²) < 4.78 is 5.76. The third-order valence-corrected chi connectivity index (χ3v) is 2.99. The molecular formula is C14H13NO2. The molecule has 3 heteroatoms. The maximum absolute atomic E-state index is 12.0. The fourth-order valence-corrected chi connectivity index (χ4v) is 2.11. The van der Waals surface area contributed by atoms with E-state index >= 15 is 0 Å². The zero-order valence-electron chi connectivity index (χ0n) is 9.40. The number of nitrogens with one attached hydrogen (secondary N) is 1. The van der Waals surface area contributed by atoms with E-state index in [9.17, 15) is 4.79 Å². The van der Waals surface area contributed by atoms with Gasteiger partial charge in [0.15, 0.2) is 5.43 Å². The van der Waals surface area contributed by atoms with E-state index in [4.69, 9.17) is 4.42 Å². The topological polar surface area (TPSA) is 42.2 Å². The van der Waals surface area contributed by atoms with Crippen LogP contribution in [0.5, 0.6) is 0 Å².